The monoisotopic (exact) mass is 612 g/mol. The molecule has 0 aromatic heterocycles. The summed E-state index contributed by atoms with van der Waals surface area (Å²) in [4.78, 5) is 30.6. The SMILES string of the molecule is CN(c1ccccc1)c1ccc(C2=c3cc4c(cc3C(=O)O2)=C(c2ccc(N(c3ccccc3)c3ccccc3)cc2)C(=O)O4)cc1. The molecule has 0 fully saturated rings. The first-order chi connectivity index (χ1) is 23.0. The summed E-state index contributed by atoms with van der Waals surface area (Å²) < 4.78 is 11.5. The Labute approximate surface area is 271 Å². The van der Waals surface area contributed by atoms with Gasteiger partial charge in [-0.2, -0.15) is 0 Å². The summed E-state index contributed by atoms with van der Waals surface area (Å²) in [6.45, 7) is 0. The highest BCUT2D eigenvalue weighted by Gasteiger charge is 2.30. The van der Waals surface area contributed by atoms with Crippen LogP contribution in [0.2, 0.25) is 0 Å². The van der Waals surface area contributed by atoms with Crippen LogP contribution in [0.4, 0.5) is 28.4 Å². The van der Waals surface area contributed by atoms with Gasteiger partial charge in [-0.15, -0.1) is 0 Å². The molecule has 0 spiro atoms. The quantitative estimate of drug-likeness (QED) is 0.139. The average molecular weight is 613 g/mol. The van der Waals surface area contributed by atoms with Gasteiger partial charge in [0.15, 0.2) is 0 Å². The van der Waals surface area contributed by atoms with Crippen LogP contribution in [-0.2, 0) is 9.53 Å². The number of hydrogen-bond acceptors (Lipinski definition) is 6. The number of carbonyl (C=O) groups excluding carboxylic acids is 2. The van der Waals surface area contributed by atoms with Gasteiger partial charge in [0.2, 0.25) is 0 Å². The summed E-state index contributed by atoms with van der Waals surface area (Å²) in [6, 6.07) is 49.4. The van der Waals surface area contributed by atoms with Gasteiger partial charge >= 0.3 is 11.9 Å². The number of esters is 2. The molecule has 0 saturated carbocycles. The Morgan fingerprint density at radius 2 is 0.957 bits per heavy atom. The smallest absolute Gasteiger partial charge is 0.344 e. The van der Waals surface area contributed by atoms with E-state index in [0.717, 1.165) is 34.0 Å². The zero-order chi connectivity index (χ0) is 31.9. The summed E-state index contributed by atoms with van der Waals surface area (Å²) in [7, 11) is 2.00. The molecule has 0 atom stereocenters. The van der Waals surface area contributed by atoms with E-state index in [1.165, 1.54) is 0 Å². The van der Waals surface area contributed by atoms with Crippen LogP contribution in [0.15, 0.2) is 152 Å². The second-order valence-corrected chi connectivity index (χ2v) is 11.4. The van der Waals surface area contributed by atoms with Gasteiger partial charge in [0.05, 0.1) is 11.1 Å². The zero-order valence-electron chi connectivity index (χ0n) is 25.5. The fraction of sp³-hybridized carbons (Fsp3) is 0.0244. The lowest BCUT2D eigenvalue weighted by Crippen LogP contribution is -2.16. The molecule has 6 nitrogen and oxygen atoms in total. The first kappa shape index (κ1) is 28.1. The molecule has 0 saturated heterocycles. The minimum atomic E-state index is -0.460. The van der Waals surface area contributed by atoms with Crippen molar-refractivity contribution in [2.24, 2.45) is 0 Å². The average Bonchev–Trinajstić information content (AvgIpc) is 3.63. The van der Waals surface area contributed by atoms with Gasteiger partial charge in [0.25, 0.3) is 0 Å². The highest BCUT2D eigenvalue weighted by atomic mass is 16.5. The van der Waals surface area contributed by atoms with Crippen molar-refractivity contribution in [3.63, 3.8) is 0 Å². The van der Waals surface area contributed by atoms with Gasteiger partial charge in [-0.25, -0.2) is 9.59 Å². The van der Waals surface area contributed by atoms with Crippen LogP contribution < -0.4 is 25.0 Å². The highest BCUT2D eigenvalue weighted by Crippen LogP contribution is 2.35. The summed E-state index contributed by atoms with van der Waals surface area (Å²) >= 11 is 0. The molecule has 0 aliphatic carbocycles. The molecule has 6 aromatic carbocycles. The molecular formula is C41H28N2O4. The minimum absolute atomic E-state index is 0.399. The normalized spacial score (nSPS) is 13.1. The van der Waals surface area contributed by atoms with Crippen molar-refractivity contribution in [2.75, 3.05) is 16.8 Å². The van der Waals surface area contributed by atoms with Crippen LogP contribution in [0.5, 0.6) is 5.75 Å². The first-order valence-corrected chi connectivity index (χ1v) is 15.3. The maximum Gasteiger partial charge on any atom is 0.344 e. The second-order valence-electron chi connectivity index (χ2n) is 11.4. The van der Waals surface area contributed by atoms with Gasteiger partial charge in [0.1, 0.15) is 11.5 Å². The molecule has 6 aromatic rings. The van der Waals surface area contributed by atoms with Crippen LogP contribution in [0.1, 0.15) is 21.5 Å². The predicted molar refractivity (Wildman–Crippen MR) is 184 cm³/mol. The van der Waals surface area contributed by atoms with E-state index in [4.69, 9.17) is 9.47 Å². The number of anilines is 5. The lowest BCUT2D eigenvalue weighted by atomic mass is 10.0. The predicted octanol–water partition coefficient (Wildman–Crippen LogP) is 7.37. The fourth-order valence-electron chi connectivity index (χ4n) is 6.18. The van der Waals surface area contributed by atoms with Crippen molar-refractivity contribution in [3.05, 3.63) is 179 Å². The zero-order valence-corrected chi connectivity index (χ0v) is 25.5. The van der Waals surface area contributed by atoms with E-state index in [2.05, 4.69) is 34.1 Å². The second kappa shape index (κ2) is 11.5. The van der Waals surface area contributed by atoms with Crippen molar-refractivity contribution in [2.45, 2.75) is 0 Å². The molecular weight excluding hydrogens is 584 g/mol. The van der Waals surface area contributed by atoms with Gasteiger partial charge in [-0.1, -0.05) is 66.7 Å². The number of cyclic esters (lactones) is 1. The number of rotatable bonds is 7. The van der Waals surface area contributed by atoms with Gasteiger partial charge in [-0.3, -0.25) is 0 Å². The van der Waals surface area contributed by atoms with Crippen molar-refractivity contribution < 1.29 is 19.1 Å². The lowest BCUT2D eigenvalue weighted by molar-refractivity contribution is -0.127. The molecule has 0 amide bonds. The number of fused-ring (bicyclic) bond motifs is 2. The van der Waals surface area contributed by atoms with E-state index in [1.54, 1.807) is 12.1 Å². The van der Waals surface area contributed by atoms with Crippen molar-refractivity contribution >= 4 is 51.7 Å². The molecule has 2 aliphatic rings. The fourth-order valence-corrected chi connectivity index (χ4v) is 6.18. The van der Waals surface area contributed by atoms with Crippen LogP contribution in [0.3, 0.4) is 0 Å². The van der Waals surface area contributed by atoms with Crippen LogP contribution in [-0.4, -0.2) is 19.0 Å². The van der Waals surface area contributed by atoms with Crippen molar-refractivity contribution in [3.8, 4) is 5.75 Å². The summed E-state index contributed by atoms with van der Waals surface area (Å²) in [5.41, 5.74) is 7.30. The Hall–Kier alpha value is -6.40. The highest BCUT2D eigenvalue weighted by molar-refractivity contribution is 6.19. The maximum atomic E-state index is 13.3. The summed E-state index contributed by atoms with van der Waals surface area (Å²) in [5, 5.41) is 1.17. The molecule has 0 unspecified atom stereocenters. The molecule has 2 heterocycles. The molecule has 0 radical (unpaired) electrons. The lowest BCUT2D eigenvalue weighted by Gasteiger charge is -2.25. The number of ether oxygens (including phenoxy) is 2. The van der Waals surface area contributed by atoms with Crippen molar-refractivity contribution in [1.82, 2.24) is 0 Å². The molecule has 226 valence electrons. The molecule has 0 bridgehead atoms. The Bertz CT molecular complexity index is 2230. The molecule has 8 rings (SSSR count). The third-order valence-electron chi connectivity index (χ3n) is 8.56. The van der Waals surface area contributed by atoms with E-state index in [-0.39, 0.29) is 0 Å². The first-order valence-electron chi connectivity index (χ1n) is 15.3. The van der Waals surface area contributed by atoms with Crippen LogP contribution in [0, 0.1) is 0 Å². The molecule has 6 heteroatoms. The van der Waals surface area contributed by atoms with Crippen molar-refractivity contribution in [1.29, 1.82) is 0 Å². The molecule has 2 aliphatic heterocycles. The van der Waals surface area contributed by atoms with Gasteiger partial charge in [-0.05, 0) is 90.5 Å². The number of hydrogen-bond donors (Lipinski definition) is 0. The van der Waals surface area contributed by atoms with E-state index < -0.39 is 11.9 Å². The third kappa shape index (κ3) is 5.02. The number of para-hydroxylation sites is 3. The number of nitrogens with zero attached hydrogens (tertiary/aromatic N) is 2. The van der Waals surface area contributed by atoms with Gasteiger partial charge in [0, 0.05) is 51.5 Å². The summed E-state index contributed by atoms with van der Waals surface area (Å²) in [5.74, 6) is -0.0713. The molecule has 0 N–H and O–H groups in total. The largest absolute Gasteiger partial charge is 0.422 e. The van der Waals surface area contributed by atoms with Gasteiger partial charge < -0.3 is 19.3 Å². The van der Waals surface area contributed by atoms with E-state index >= 15 is 0 Å². The Morgan fingerprint density at radius 1 is 0.468 bits per heavy atom. The number of carbonyl (C=O) groups is 2. The third-order valence-corrected chi connectivity index (χ3v) is 8.56. The van der Waals surface area contributed by atoms with E-state index in [9.17, 15) is 9.59 Å². The molecule has 47 heavy (non-hydrogen) atoms. The van der Waals surface area contributed by atoms with Crippen LogP contribution >= 0.6 is 0 Å². The minimum Gasteiger partial charge on any atom is -0.422 e. The van der Waals surface area contributed by atoms with E-state index in [1.807, 2.05) is 122 Å². The van der Waals surface area contributed by atoms with Crippen LogP contribution in [0.25, 0.3) is 11.3 Å². The topological polar surface area (TPSA) is 59.1 Å². The Kier molecular flexibility index (Phi) is 6.88. The number of benzene rings is 6. The standard InChI is InChI=1S/C41H28N2O4/c1-42(29-11-5-2-6-12-29)30-21-19-28(20-22-30)39-34-26-37-36(25-35(34)40(44)47-39)38(41(45)46-37)27-17-23-33(24-18-27)43(31-13-7-3-8-14-31)32-15-9-4-10-16-32/h2-26H,1H3. The Balaban J connectivity index is 1.16. The summed E-state index contributed by atoms with van der Waals surface area (Å²) in [6.07, 6.45) is 0. The van der Waals surface area contributed by atoms with E-state index in [0.29, 0.717) is 38.6 Å². The maximum absolute atomic E-state index is 13.3. The Morgan fingerprint density at radius 3 is 1.55 bits per heavy atom.